The molecule has 20 heteroatoms. The summed E-state index contributed by atoms with van der Waals surface area (Å²) in [7, 11) is 16.6. The van der Waals surface area contributed by atoms with E-state index in [9.17, 15) is 0 Å². The van der Waals surface area contributed by atoms with E-state index in [1.807, 2.05) is 92.0 Å². The summed E-state index contributed by atoms with van der Waals surface area (Å²) < 4.78 is 4.54. The SMILES string of the molecule is CN1Cc2ccccc2[CH-]c2ccccc21.CN1[CH-]c2ccccc2Cc2ccccc21.CN1c2ccccc2[CH-]Cc2ccccc21.CN1c2ccccc2[CH-]c2ccccc21.C[N-]c1ccccc1[CH-]c1[c-]cccc1.Cn1c2ccccc2c2[cH-]c3ccccc3c21.Cn1c2ccccc2c2[cH-]ccc21.[CH2-]c1ccccc1N(C)c1[c-]cccc1.[W].[W].[W].[W].[W].[W].[W].[W].[W].[W].[Y].[Y]. The largest absolute Gasteiger partial charge is 0.756 e. The van der Waals surface area contributed by atoms with Gasteiger partial charge in [0.15, 0.2) is 0 Å². The number of para-hydroxylation sites is 11. The van der Waals surface area contributed by atoms with Gasteiger partial charge in [-0.3, -0.25) is 5.69 Å². The first kappa shape index (κ1) is 121. The molecule has 2 aromatic heterocycles. The van der Waals surface area contributed by atoms with Gasteiger partial charge >= 0.3 is 0 Å². The van der Waals surface area contributed by atoms with E-state index in [0.29, 0.717) is 0 Å². The molecule has 0 fully saturated rings. The van der Waals surface area contributed by atoms with Crippen LogP contribution in [-0.2, 0) is 310 Å². The average molecular weight is 3610 g/mol. The van der Waals surface area contributed by atoms with Crippen LogP contribution < -0.4 is 24.5 Å². The molecule has 0 saturated heterocycles. The van der Waals surface area contributed by atoms with E-state index in [1.54, 1.807) is 7.05 Å². The molecule has 0 atom stereocenters. The van der Waals surface area contributed by atoms with Crippen LogP contribution in [0.15, 0.2) is 388 Å². The number of aryl methyl sites for hydroxylation is 2. The van der Waals surface area contributed by atoms with Gasteiger partial charge in [-0.1, -0.05) is 269 Å². The predicted octanol–water partition coefficient (Wildman–Crippen LogP) is 27.8. The Morgan fingerprint density at radius 3 is 1.44 bits per heavy atom. The predicted molar refractivity (Wildman–Crippen MR) is 523 cm³/mol. The van der Waals surface area contributed by atoms with E-state index in [-0.39, 0.29) is 276 Å². The third kappa shape index (κ3) is 29.6. The van der Waals surface area contributed by atoms with Crippen molar-refractivity contribution in [2.75, 3.05) is 66.8 Å². The van der Waals surface area contributed by atoms with Crippen molar-refractivity contribution < 1.29 is 276 Å². The standard InChI is InChI=1S/C16H12N.3C15H14N.C14H12N.C14H13N.C14H12N.C12H10N.10W.2Y/c1-17-15-9-5-4-8-13(15)14-10-11-6-2-3-7-12(11)16(14)17;1-16-14-8-4-2-6-12(14)10-11-13-7-3-5-9-15(13)16;2*1-16-11-14-8-3-2-6-12(14)10-13-7-4-5-9-15(13)16;1-15-13-8-4-2-6-11(13)10-12-7-3-5-9-14(12)15;1-12-8-6-7-11-14(12)15(2)13-9-4-3-5-10-13;1-15-14-10-6-5-9-13(14)11-12-7-3-2-4-8-12;1-13-11-7-3-2-5-9(11)10-6-4-8-12(10)13;;;;;;;;;;;;/h2-10H,1H3;2-10H,11H2,1H3;2-9,11H,10H2,1H3;2-10H,11H2,1H3;2-10H,1H3;3-9,11H,1H2,2H3;2-7,9-11H,1H3;2-8H,1H3;;;;;;;;;;;;/q5*-1;-2;-3;-1;;;;;;;;;;;;. The van der Waals surface area contributed by atoms with Gasteiger partial charge in [0.05, 0.1) is 0 Å². The first-order valence-corrected chi connectivity index (χ1v) is 42.0. The van der Waals surface area contributed by atoms with E-state index >= 15 is 0 Å². The molecule has 678 valence electrons. The Morgan fingerprint density at radius 2 is 0.830 bits per heavy atom. The van der Waals surface area contributed by atoms with Gasteiger partial charge in [-0.15, -0.1) is 148 Å². The minimum Gasteiger partial charge on any atom is -0.756 e. The van der Waals surface area contributed by atoms with Crippen LogP contribution >= 0.6 is 0 Å². The zero-order chi connectivity index (χ0) is 84.5. The second-order valence-corrected chi connectivity index (χ2v) is 31.1. The quantitative estimate of drug-likeness (QED) is 0.161. The Labute approximate surface area is 994 Å². The summed E-state index contributed by atoms with van der Waals surface area (Å²) in [4.78, 5) is 11.1. The van der Waals surface area contributed by atoms with Crippen LogP contribution in [0, 0.1) is 51.3 Å². The number of hydrogen-bond donors (Lipinski definition) is 0. The number of anilines is 8. The number of nitrogens with zero attached hydrogens (tertiary/aromatic N) is 8. The Kier molecular flexibility index (Phi) is 53.6. The molecular weight excluding hydrogens is 3510 g/mol. The van der Waals surface area contributed by atoms with E-state index in [1.165, 1.54) is 144 Å². The first-order chi connectivity index (χ1) is 60.3. The van der Waals surface area contributed by atoms with Gasteiger partial charge in [0, 0.05) is 314 Å². The maximum Gasteiger partial charge on any atom is 0.0323 e. The van der Waals surface area contributed by atoms with E-state index in [2.05, 4.69) is 436 Å². The van der Waals surface area contributed by atoms with Crippen LogP contribution in [0.3, 0.4) is 0 Å². The molecule has 0 bridgehead atoms. The molecule has 4 aliphatic heterocycles. The van der Waals surface area contributed by atoms with Crippen LogP contribution in [0.1, 0.15) is 72.3 Å². The van der Waals surface area contributed by atoms with Crippen LogP contribution in [-0.4, -0.2) is 51.4 Å². The van der Waals surface area contributed by atoms with Gasteiger partial charge in [0.2, 0.25) is 0 Å². The van der Waals surface area contributed by atoms with E-state index < -0.39 is 0 Å². The Morgan fingerprint density at radius 1 is 0.378 bits per heavy atom. The van der Waals surface area contributed by atoms with Gasteiger partial charge < -0.3 is 39.0 Å². The van der Waals surface area contributed by atoms with E-state index in [0.717, 1.165) is 53.1 Å². The monoisotopic (exact) mass is 3610 g/mol. The molecule has 17 aromatic carbocycles. The molecule has 2 radical (unpaired) electrons. The number of benzene rings is 15. The van der Waals surface area contributed by atoms with Crippen molar-refractivity contribution in [3.8, 4) is 0 Å². The number of rotatable bonds is 5. The smallest absolute Gasteiger partial charge is 0.0323 e. The Balaban J connectivity index is 0.000000319. The van der Waals surface area contributed by atoms with Crippen molar-refractivity contribution in [1.29, 1.82) is 0 Å². The second kappa shape index (κ2) is 59.7. The summed E-state index contributed by atoms with van der Waals surface area (Å²) in [6, 6.07) is 141. The van der Waals surface area contributed by atoms with Crippen molar-refractivity contribution in [2.45, 2.75) is 19.4 Å². The molecule has 135 heavy (non-hydrogen) atoms. The molecule has 6 heterocycles. The van der Waals surface area contributed by atoms with Gasteiger partial charge in [0.1, 0.15) is 0 Å². The van der Waals surface area contributed by atoms with Gasteiger partial charge in [-0.25, -0.2) is 23.6 Å². The van der Waals surface area contributed by atoms with Crippen molar-refractivity contribution in [3.05, 3.63) is 517 Å². The maximum absolute atomic E-state index is 4.22. The Bertz CT molecular complexity index is 6580. The zero-order valence-corrected chi connectivity index (χ0v) is 111. The normalized spacial score (nSPS) is 11.0. The fourth-order valence-electron chi connectivity index (χ4n) is 17.0. The van der Waals surface area contributed by atoms with Crippen molar-refractivity contribution in [3.63, 3.8) is 0 Å². The molecule has 19 aromatic rings. The maximum atomic E-state index is 4.22. The fourth-order valence-corrected chi connectivity index (χ4v) is 17.0. The zero-order valence-electron chi connectivity index (χ0n) is 76.5. The van der Waals surface area contributed by atoms with E-state index in [4.69, 9.17) is 0 Å². The summed E-state index contributed by atoms with van der Waals surface area (Å²) in [6.07, 6.45) is 10.9. The van der Waals surface area contributed by atoms with Crippen molar-refractivity contribution in [1.82, 2.24) is 9.13 Å². The summed E-state index contributed by atoms with van der Waals surface area (Å²) in [5, 5.41) is 12.3. The second-order valence-electron chi connectivity index (χ2n) is 31.1. The minimum absolute atomic E-state index is 0. The summed E-state index contributed by atoms with van der Waals surface area (Å²) in [6.45, 7) is 7.20. The van der Waals surface area contributed by atoms with Crippen LogP contribution in [0.2, 0.25) is 0 Å². The third-order valence-corrected chi connectivity index (χ3v) is 23.4. The summed E-state index contributed by atoms with van der Waals surface area (Å²) >= 11 is 0. The minimum atomic E-state index is 0. The Hall–Kier alpha value is -6.03. The molecule has 4 aliphatic rings. The third-order valence-electron chi connectivity index (χ3n) is 23.4. The molecule has 0 N–H and O–H groups in total. The van der Waals surface area contributed by atoms with Crippen molar-refractivity contribution in [2.24, 2.45) is 14.1 Å². The van der Waals surface area contributed by atoms with Crippen LogP contribution in [0.5, 0.6) is 0 Å². The molecule has 0 saturated carbocycles. The molecule has 0 aliphatic carbocycles. The van der Waals surface area contributed by atoms with Crippen molar-refractivity contribution >= 4 is 106 Å². The number of fused-ring (bicyclic) bond motifs is 16. The average Bonchev–Trinajstić information content (AvgIpc) is 1.57. The van der Waals surface area contributed by atoms with Gasteiger partial charge in [0.25, 0.3) is 0 Å². The molecule has 23 rings (SSSR count). The van der Waals surface area contributed by atoms with Crippen LogP contribution in [0.4, 0.5) is 51.2 Å². The number of hydrogen-bond acceptors (Lipinski definition) is 5. The van der Waals surface area contributed by atoms with Gasteiger partial charge in [-0.05, 0) is 105 Å². The van der Waals surface area contributed by atoms with Gasteiger partial charge in [-0.2, -0.15) is 104 Å². The summed E-state index contributed by atoms with van der Waals surface area (Å²) in [5.74, 6) is 0. The van der Waals surface area contributed by atoms with Crippen LogP contribution in [0.25, 0.3) is 59.7 Å². The molecule has 0 amide bonds. The molecular formula is C115H101N8W10Y2-11. The topological polar surface area (TPSA) is 40.2 Å². The fraction of sp³-hybridized carbons (Fsp3) is 0.0957. The number of aromatic nitrogens is 2. The summed E-state index contributed by atoms with van der Waals surface area (Å²) in [5.41, 5.74) is 32.9. The molecule has 8 nitrogen and oxygen atoms in total. The molecule has 0 unspecified atom stereocenters. The first-order valence-electron chi connectivity index (χ1n) is 42.0. The molecule has 0 spiro atoms.